The Balaban J connectivity index is 1.80. The molecule has 25 heavy (non-hydrogen) atoms. The maximum absolute atomic E-state index is 13.6. The molecule has 1 heterocycles. The van der Waals surface area contributed by atoms with E-state index in [1.54, 1.807) is 35.2 Å². The smallest absolute Gasteiger partial charge is 0.338 e. The highest BCUT2D eigenvalue weighted by Crippen LogP contribution is 2.30. The topological polar surface area (TPSA) is 55.8 Å². The standard InChI is InChI=1S/C19H18FNO4/c1-24-19(23)14-6-4-9-16-13(14)7-5-11-21(16)18(22)12-25-17-10-3-2-8-15(17)20/h2-4,6,8-10H,5,7,11-12H2,1H3. The van der Waals surface area contributed by atoms with Gasteiger partial charge in [0.05, 0.1) is 12.7 Å². The van der Waals surface area contributed by atoms with E-state index in [0.717, 1.165) is 12.0 Å². The highest BCUT2D eigenvalue weighted by Gasteiger charge is 2.26. The molecule has 0 unspecified atom stereocenters. The molecule has 0 N–H and O–H groups in total. The summed E-state index contributed by atoms with van der Waals surface area (Å²) < 4.78 is 23.7. The highest BCUT2D eigenvalue weighted by atomic mass is 19.1. The summed E-state index contributed by atoms with van der Waals surface area (Å²) in [6.45, 7) is 0.250. The van der Waals surface area contributed by atoms with Crippen molar-refractivity contribution in [3.63, 3.8) is 0 Å². The van der Waals surface area contributed by atoms with E-state index < -0.39 is 11.8 Å². The van der Waals surface area contributed by atoms with Gasteiger partial charge in [0, 0.05) is 12.2 Å². The van der Waals surface area contributed by atoms with Crippen LogP contribution >= 0.6 is 0 Å². The van der Waals surface area contributed by atoms with Crippen molar-refractivity contribution < 1.29 is 23.5 Å². The summed E-state index contributed by atoms with van der Waals surface area (Å²) in [5.74, 6) is -1.18. The fourth-order valence-corrected chi connectivity index (χ4v) is 2.96. The number of halogens is 1. The maximum atomic E-state index is 13.6. The first-order valence-corrected chi connectivity index (χ1v) is 7.99. The Labute approximate surface area is 145 Å². The van der Waals surface area contributed by atoms with Crippen LogP contribution in [-0.2, 0) is 16.0 Å². The summed E-state index contributed by atoms with van der Waals surface area (Å²) in [5.41, 5.74) is 1.93. The van der Waals surface area contributed by atoms with E-state index in [9.17, 15) is 14.0 Å². The number of amides is 1. The van der Waals surface area contributed by atoms with Crippen LogP contribution in [0.5, 0.6) is 5.75 Å². The molecule has 1 aliphatic rings. The summed E-state index contributed by atoms with van der Waals surface area (Å²) in [4.78, 5) is 26.1. The number of carbonyl (C=O) groups is 2. The van der Waals surface area contributed by atoms with Gasteiger partial charge in [0.2, 0.25) is 0 Å². The molecule has 0 bridgehead atoms. The molecule has 1 aliphatic heterocycles. The second-order valence-electron chi connectivity index (χ2n) is 5.66. The van der Waals surface area contributed by atoms with Crippen LogP contribution in [0.15, 0.2) is 42.5 Å². The molecule has 0 atom stereocenters. The fourth-order valence-electron chi connectivity index (χ4n) is 2.96. The fraction of sp³-hybridized carbons (Fsp3) is 0.263. The van der Waals surface area contributed by atoms with Gasteiger partial charge in [-0.3, -0.25) is 4.79 Å². The van der Waals surface area contributed by atoms with Crippen molar-refractivity contribution in [3.8, 4) is 5.75 Å². The first-order valence-electron chi connectivity index (χ1n) is 7.99. The Morgan fingerprint density at radius 3 is 2.72 bits per heavy atom. The monoisotopic (exact) mass is 343 g/mol. The molecule has 0 saturated carbocycles. The van der Waals surface area contributed by atoms with E-state index in [4.69, 9.17) is 9.47 Å². The maximum Gasteiger partial charge on any atom is 0.338 e. The molecule has 0 fully saturated rings. The quantitative estimate of drug-likeness (QED) is 0.801. The van der Waals surface area contributed by atoms with Gasteiger partial charge in [-0.25, -0.2) is 9.18 Å². The number of hydrogen-bond acceptors (Lipinski definition) is 4. The first kappa shape index (κ1) is 17.0. The van der Waals surface area contributed by atoms with E-state index in [1.807, 2.05) is 0 Å². The largest absolute Gasteiger partial charge is 0.481 e. The van der Waals surface area contributed by atoms with Crippen LogP contribution in [0.1, 0.15) is 22.3 Å². The van der Waals surface area contributed by atoms with Gasteiger partial charge in [0.25, 0.3) is 5.91 Å². The zero-order valence-corrected chi connectivity index (χ0v) is 13.8. The predicted molar refractivity (Wildman–Crippen MR) is 90.4 cm³/mol. The number of benzene rings is 2. The molecule has 6 heteroatoms. The van der Waals surface area contributed by atoms with Crippen LogP contribution in [0.2, 0.25) is 0 Å². The highest BCUT2D eigenvalue weighted by molar-refractivity contribution is 5.99. The van der Waals surface area contributed by atoms with Crippen LogP contribution in [0.4, 0.5) is 10.1 Å². The zero-order valence-electron chi connectivity index (χ0n) is 13.8. The third kappa shape index (κ3) is 3.47. The molecule has 0 saturated heterocycles. The number of hydrogen-bond donors (Lipinski definition) is 0. The number of ether oxygens (including phenoxy) is 2. The minimum atomic E-state index is -0.512. The molecule has 0 aromatic heterocycles. The van der Waals surface area contributed by atoms with Crippen LogP contribution in [0.3, 0.4) is 0 Å². The Morgan fingerprint density at radius 2 is 1.96 bits per heavy atom. The van der Waals surface area contributed by atoms with Gasteiger partial charge in [-0.15, -0.1) is 0 Å². The average molecular weight is 343 g/mol. The molecule has 0 aliphatic carbocycles. The molecule has 2 aromatic rings. The summed E-state index contributed by atoms with van der Waals surface area (Å²) >= 11 is 0. The van der Waals surface area contributed by atoms with Crippen LogP contribution < -0.4 is 9.64 Å². The normalized spacial score (nSPS) is 13.1. The molecular formula is C19H18FNO4. The van der Waals surface area contributed by atoms with Gasteiger partial charge in [0.15, 0.2) is 18.2 Å². The predicted octanol–water partition coefficient (Wildman–Crippen LogP) is 2.97. The Bertz CT molecular complexity index is 806. The minimum Gasteiger partial charge on any atom is -0.481 e. The molecule has 0 spiro atoms. The number of nitrogens with zero attached hydrogens (tertiary/aromatic N) is 1. The third-order valence-corrected chi connectivity index (χ3v) is 4.14. The number of para-hydroxylation sites is 1. The lowest BCUT2D eigenvalue weighted by atomic mass is 9.96. The van der Waals surface area contributed by atoms with Crippen LogP contribution in [0.25, 0.3) is 0 Å². The third-order valence-electron chi connectivity index (χ3n) is 4.14. The van der Waals surface area contributed by atoms with Crippen molar-refractivity contribution in [2.45, 2.75) is 12.8 Å². The summed E-state index contributed by atoms with van der Waals surface area (Å²) in [5, 5.41) is 0. The van der Waals surface area contributed by atoms with E-state index in [0.29, 0.717) is 24.2 Å². The Morgan fingerprint density at radius 1 is 1.16 bits per heavy atom. The zero-order chi connectivity index (χ0) is 17.8. The van der Waals surface area contributed by atoms with Gasteiger partial charge >= 0.3 is 5.97 Å². The number of fused-ring (bicyclic) bond motifs is 1. The van der Waals surface area contributed by atoms with E-state index >= 15 is 0 Å². The molecular weight excluding hydrogens is 325 g/mol. The Kier molecular flexibility index (Phi) is 4.97. The molecule has 5 nitrogen and oxygen atoms in total. The molecule has 0 radical (unpaired) electrons. The SMILES string of the molecule is COC(=O)c1cccc2c1CCCN2C(=O)COc1ccccc1F. The summed E-state index contributed by atoms with van der Waals surface area (Å²) in [6, 6.07) is 11.1. The second-order valence-corrected chi connectivity index (χ2v) is 5.66. The lowest BCUT2D eigenvalue weighted by Crippen LogP contribution is -2.39. The van der Waals surface area contributed by atoms with E-state index in [2.05, 4.69) is 0 Å². The van der Waals surface area contributed by atoms with Gasteiger partial charge in [0.1, 0.15) is 0 Å². The van der Waals surface area contributed by atoms with E-state index in [-0.39, 0.29) is 18.3 Å². The van der Waals surface area contributed by atoms with Crippen LogP contribution in [-0.4, -0.2) is 32.1 Å². The van der Waals surface area contributed by atoms with Crippen molar-refractivity contribution in [1.82, 2.24) is 0 Å². The van der Waals surface area contributed by atoms with Crippen molar-refractivity contribution in [2.24, 2.45) is 0 Å². The van der Waals surface area contributed by atoms with Gasteiger partial charge in [-0.2, -0.15) is 0 Å². The number of methoxy groups -OCH3 is 1. The van der Waals surface area contributed by atoms with Gasteiger partial charge in [-0.1, -0.05) is 18.2 Å². The van der Waals surface area contributed by atoms with Gasteiger partial charge in [-0.05, 0) is 42.7 Å². The number of anilines is 1. The summed E-state index contributed by atoms with van der Waals surface area (Å²) in [7, 11) is 1.33. The lowest BCUT2D eigenvalue weighted by molar-refractivity contribution is -0.120. The van der Waals surface area contributed by atoms with E-state index in [1.165, 1.54) is 19.2 Å². The van der Waals surface area contributed by atoms with Crippen molar-refractivity contribution >= 4 is 17.6 Å². The molecule has 3 rings (SSSR count). The minimum absolute atomic E-state index is 0.0383. The average Bonchev–Trinajstić information content (AvgIpc) is 2.65. The molecule has 130 valence electrons. The molecule has 1 amide bonds. The number of esters is 1. The van der Waals surface area contributed by atoms with Crippen LogP contribution in [0, 0.1) is 5.82 Å². The summed E-state index contributed by atoms with van der Waals surface area (Å²) in [6.07, 6.45) is 1.42. The molecule has 2 aromatic carbocycles. The second kappa shape index (κ2) is 7.34. The first-order chi connectivity index (χ1) is 12.1. The van der Waals surface area contributed by atoms with Gasteiger partial charge < -0.3 is 14.4 Å². The van der Waals surface area contributed by atoms with Crippen molar-refractivity contribution in [2.75, 3.05) is 25.2 Å². The number of carbonyl (C=O) groups excluding carboxylic acids is 2. The number of rotatable bonds is 4. The van der Waals surface area contributed by atoms with Crippen molar-refractivity contribution in [3.05, 3.63) is 59.4 Å². The lowest BCUT2D eigenvalue weighted by Gasteiger charge is -2.30. The van der Waals surface area contributed by atoms with Crippen molar-refractivity contribution in [1.29, 1.82) is 0 Å². The Hall–Kier alpha value is -2.89.